The van der Waals surface area contributed by atoms with E-state index in [0.29, 0.717) is 10.8 Å². The Hall–Kier alpha value is -1.53. The van der Waals surface area contributed by atoms with Crippen molar-refractivity contribution in [2.45, 2.75) is 13.8 Å². The van der Waals surface area contributed by atoms with Crippen molar-refractivity contribution in [1.82, 2.24) is 9.97 Å². The summed E-state index contributed by atoms with van der Waals surface area (Å²) in [5, 5.41) is 3.24. The van der Waals surface area contributed by atoms with Gasteiger partial charge in [-0.15, -0.1) is 0 Å². The molecule has 2 heterocycles. The number of anilines is 1. The fraction of sp³-hybridized carbons (Fsp3) is 0.364. The molecule has 1 amide bonds. The molecule has 0 aliphatic heterocycles. The minimum absolute atomic E-state index is 0.0291. The number of aromatic nitrogens is 2. The van der Waals surface area contributed by atoms with Gasteiger partial charge in [0.2, 0.25) is 0 Å². The van der Waals surface area contributed by atoms with Gasteiger partial charge in [0, 0.05) is 12.8 Å². The SMILES string of the molecule is COCC(=O)Nc1nc2nc(C)cc(C)c2s1. The molecule has 0 saturated heterocycles. The molecule has 6 heteroatoms. The molecule has 0 radical (unpaired) electrons. The van der Waals surface area contributed by atoms with Crippen LogP contribution in [0.1, 0.15) is 11.3 Å². The topological polar surface area (TPSA) is 64.1 Å². The minimum Gasteiger partial charge on any atom is -0.375 e. The van der Waals surface area contributed by atoms with Gasteiger partial charge in [0.1, 0.15) is 6.61 Å². The highest BCUT2D eigenvalue weighted by Gasteiger charge is 2.10. The number of amides is 1. The predicted molar refractivity (Wildman–Crippen MR) is 67.4 cm³/mol. The Balaban J connectivity index is 2.32. The zero-order valence-corrected chi connectivity index (χ0v) is 10.7. The molecule has 0 fully saturated rings. The molecular formula is C11H13N3O2S. The second-order valence-corrected chi connectivity index (χ2v) is 4.73. The summed E-state index contributed by atoms with van der Waals surface area (Å²) < 4.78 is 5.75. The Morgan fingerprint density at radius 1 is 1.47 bits per heavy atom. The van der Waals surface area contributed by atoms with Gasteiger partial charge in [0.15, 0.2) is 10.8 Å². The van der Waals surface area contributed by atoms with Gasteiger partial charge >= 0.3 is 0 Å². The first-order valence-corrected chi connectivity index (χ1v) is 5.95. The van der Waals surface area contributed by atoms with Crippen LogP contribution in [0.4, 0.5) is 5.13 Å². The van der Waals surface area contributed by atoms with E-state index in [1.54, 1.807) is 0 Å². The molecule has 2 aromatic heterocycles. The van der Waals surface area contributed by atoms with Crippen LogP contribution in [0.5, 0.6) is 0 Å². The Morgan fingerprint density at radius 3 is 2.94 bits per heavy atom. The molecule has 1 N–H and O–H groups in total. The number of aryl methyl sites for hydroxylation is 2. The molecular weight excluding hydrogens is 238 g/mol. The minimum atomic E-state index is -0.207. The van der Waals surface area contributed by atoms with Crippen molar-refractivity contribution in [3.8, 4) is 0 Å². The highest BCUT2D eigenvalue weighted by Crippen LogP contribution is 2.27. The van der Waals surface area contributed by atoms with Gasteiger partial charge in [-0.05, 0) is 25.5 Å². The van der Waals surface area contributed by atoms with Crippen LogP contribution in [-0.2, 0) is 9.53 Å². The average Bonchev–Trinajstić information content (AvgIpc) is 2.60. The van der Waals surface area contributed by atoms with E-state index in [-0.39, 0.29) is 12.5 Å². The molecule has 2 aromatic rings. The number of rotatable bonds is 3. The van der Waals surface area contributed by atoms with E-state index in [0.717, 1.165) is 16.0 Å². The van der Waals surface area contributed by atoms with Crippen molar-refractivity contribution in [2.75, 3.05) is 19.0 Å². The number of pyridine rings is 1. The lowest BCUT2D eigenvalue weighted by atomic mass is 10.2. The van der Waals surface area contributed by atoms with Crippen LogP contribution in [0.15, 0.2) is 6.07 Å². The van der Waals surface area contributed by atoms with Gasteiger partial charge in [-0.3, -0.25) is 10.1 Å². The fourth-order valence-electron chi connectivity index (χ4n) is 1.56. The molecule has 90 valence electrons. The Kier molecular flexibility index (Phi) is 3.35. The monoisotopic (exact) mass is 251 g/mol. The summed E-state index contributed by atoms with van der Waals surface area (Å²) in [7, 11) is 1.48. The summed E-state index contributed by atoms with van der Waals surface area (Å²) in [5.41, 5.74) is 2.73. The smallest absolute Gasteiger partial charge is 0.252 e. The maximum absolute atomic E-state index is 11.4. The van der Waals surface area contributed by atoms with Gasteiger partial charge in [0.25, 0.3) is 5.91 Å². The van der Waals surface area contributed by atoms with Gasteiger partial charge < -0.3 is 4.74 Å². The van der Waals surface area contributed by atoms with E-state index in [1.165, 1.54) is 18.4 Å². The maximum Gasteiger partial charge on any atom is 0.252 e. The van der Waals surface area contributed by atoms with Gasteiger partial charge in [-0.1, -0.05) is 11.3 Å². The van der Waals surface area contributed by atoms with Crippen molar-refractivity contribution in [3.63, 3.8) is 0 Å². The van der Waals surface area contributed by atoms with E-state index in [2.05, 4.69) is 15.3 Å². The standard InChI is InChI=1S/C11H13N3O2S/c1-6-4-7(2)12-10-9(6)17-11(14-10)13-8(15)5-16-3/h4H,5H2,1-3H3,(H,12,13,14,15). The number of nitrogens with one attached hydrogen (secondary N) is 1. The summed E-state index contributed by atoms with van der Waals surface area (Å²) in [6.07, 6.45) is 0. The van der Waals surface area contributed by atoms with Crippen molar-refractivity contribution in [1.29, 1.82) is 0 Å². The number of carbonyl (C=O) groups is 1. The van der Waals surface area contributed by atoms with Crippen LogP contribution in [0.3, 0.4) is 0 Å². The zero-order chi connectivity index (χ0) is 12.4. The van der Waals surface area contributed by atoms with Gasteiger partial charge in [-0.2, -0.15) is 4.98 Å². The Morgan fingerprint density at radius 2 is 2.24 bits per heavy atom. The summed E-state index contributed by atoms with van der Waals surface area (Å²) >= 11 is 1.43. The van der Waals surface area contributed by atoms with Crippen molar-refractivity contribution < 1.29 is 9.53 Å². The Bertz CT molecular complexity index is 565. The highest BCUT2D eigenvalue weighted by molar-refractivity contribution is 7.22. The maximum atomic E-state index is 11.4. The van der Waals surface area contributed by atoms with Crippen LogP contribution in [0.25, 0.3) is 10.3 Å². The van der Waals surface area contributed by atoms with E-state index in [9.17, 15) is 4.79 Å². The molecule has 0 spiro atoms. The molecule has 0 aromatic carbocycles. The first-order valence-electron chi connectivity index (χ1n) is 5.13. The van der Waals surface area contributed by atoms with Gasteiger partial charge in [0.05, 0.1) is 4.70 Å². The quantitative estimate of drug-likeness (QED) is 0.904. The van der Waals surface area contributed by atoms with E-state index in [1.807, 2.05) is 19.9 Å². The highest BCUT2D eigenvalue weighted by atomic mass is 32.1. The van der Waals surface area contributed by atoms with E-state index < -0.39 is 0 Å². The molecule has 0 saturated carbocycles. The number of thiazole rings is 1. The third kappa shape index (κ3) is 2.59. The van der Waals surface area contributed by atoms with E-state index >= 15 is 0 Å². The van der Waals surface area contributed by atoms with Crippen molar-refractivity contribution >= 4 is 32.7 Å². The number of hydrogen-bond acceptors (Lipinski definition) is 5. The van der Waals surface area contributed by atoms with Crippen LogP contribution < -0.4 is 5.32 Å². The van der Waals surface area contributed by atoms with Gasteiger partial charge in [-0.25, -0.2) is 4.98 Å². The third-order valence-corrected chi connectivity index (χ3v) is 3.29. The molecule has 0 atom stereocenters. The summed E-state index contributed by atoms with van der Waals surface area (Å²) in [4.78, 5) is 20.0. The van der Waals surface area contributed by atoms with Crippen LogP contribution in [0, 0.1) is 13.8 Å². The number of hydrogen-bond donors (Lipinski definition) is 1. The molecule has 2 rings (SSSR count). The third-order valence-electron chi connectivity index (χ3n) is 2.20. The molecule has 0 aliphatic carbocycles. The second-order valence-electron chi connectivity index (χ2n) is 3.73. The first kappa shape index (κ1) is 11.9. The molecule has 0 aliphatic rings. The Labute approximate surface area is 103 Å². The summed E-state index contributed by atoms with van der Waals surface area (Å²) in [5.74, 6) is -0.207. The lowest BCUT2D eigenvalue weighted by Gasteiger charge is -1.97. The summed E-state index contributed by atoms with van der Waals surface area (Å²) in [6.45, 7) is 3.96. The number of methoxy groups -OCH3 is 1. The molecule has 0 unspecified atom stereocenters. The predicted octanol–water partition coefficient (Wildman–Crippen LogP) is 1.89. The normalized spacial score (nSPS) is 10.8. The van der Waals surface area contributed by atoms with E-state index in [4.69, 9.17) is 4.74 Å². The van der Waals surface area contributed by atoms with Crippen LogP contribution >= 0.6 is 11.3 Å². The molecule has 5 nitrogen and oxygen atoms in total. The largest absolute Gasteiger partial charge is 0.375 e. The number of fused-ring (bicyclic) bond motifs is 1. The van der Waals surface area contributed by atoms with Crippen molar-refractivity contribution in [2.24, 2.45) is 0 Å². The molecule has 17 heavy (non-hydrogen) atoms. The number of carbonyl (C=O) groups excluding carboxylic acids is 1. The second kappa shape index (κ2) is 4.77. The lowest BCUT2D eigenvalue weighted by Crippen LogP contribution is -2.16. The first-order chi connectivity index (χ1) is 8.10. The van der Waals surface area contributed by atoms with Crippen molar-refractivity contribution in [3.05, 3.63) is 17.3 Å². The number of nitrogens with zero attached hydrogens (tertiary/aromatic N) is 2. The fourth-order valence-corrected chi connectivity index (χ4v) is 2.46. The average molecular weight is 251 g/mol. The molecule has 0 bridgehead atoms. The summed E-state index contributed by atoms with van der Waals surface area (Å²) in [6, 6.07) is 2.00. The zero-order valence-electron chi connectivity index (χ0n) is 9.90. The number of ether oxygens (including phenoxy) is 1. The lowest BCUT2D eigenvalue weighted by molar-refractivity contribution is -0.119. The van der Waals surface area contributed by atoms with Crippen LogP contribution in [-0.4, -0.2) is 29.6 Å². The van der Waals surface area contributed by atoms with Crippen LogP contribution in [0.2, 0.25) is 0 Å².